The Labute approximate surface area is 120 Å². The second-order valence-electron chi connectivity index (χ2n) is 4.69. The summed E-state index contributed by atoms with van der Waals surface area (Å²) >= 11 is 3.00. The molecule has 1 aromatic rings. The fourth-order valence-corrected chi connectivity index (χ4v) is 4.48. The van der Waals surface area contributed by atoms with Crippen LogP contribution in [0.15, 0.2) is 6.07 Å². The van der Waals surface area contributed by atoms with Gasteiger partial charge in [0.2, 0.25) is 0 Å². The molecule has 1 atom stereocenters. The van der Waals surface area contributed by atoms with E-state index in [0.29, 0.717) is 17.1 Å². The molecule has 1 aromatic heterocycles. The molecule has 6 heteroatoms. The van der Waals surface area contributed by atoms with Crippen molar-refractivity contribution in [1.82, 2.24) is 5.32 Å². The summed E-state index contributed by atoms with van der Waals surface area (Å²) in [5.41, 5.74) is 0.0618. The van der Waals surface area contributed by atoms with Gasteiger partial charge in [-0.3, -0.25) is 4.79 Å². The van der Waals surface area contributed by atoms with Crippen LogP contribution in [0, 0.1) is 6.92 Å². The van der Waals surface area contributed by atoms with Crippen LogP contribution in [0.25, 0.3) is 0 Å². The molecule has 1 aliphatic heterocycles. The Balaban J connectivity index is 2.17. The van der Waals surface area contributed by atoms with Crippen LogP contribution in [0.3, 0.4) is 0 Å². The fourth-order valence-electron chi connectivity index (χ4n) is 2.15. The topological polar surface area (TPSA) is 66.4 Å². The molecule has 1 fully saturated rings. The maximum atomic E-state index is 12.2. The molecule has 104 valence electrons. The average molecular weight is 299 g/mol. The third kappa shape index (κ3) is 2.79. The van der Waals surface area contributed by atoms with Gasteiger partial charge in [-0.2, -0.15) is 11.8 Å². The van der Waals surface area contributed by atoms with Gasteiger partial charge in [-0.05, 0) is 37.1 Å². The zero-order valence-electron chi connectivity index (χ0n) is 11.0. The summed E-state index contributed by atoms with van der Waals surface area (Å²) in [6, 6.07) is 1.87. The Morgan fingerprint density at radius 3 is 2.74 bits per heavy atom. The quantitative estimate of drug-likeness (QED) is 0.895. The van der Waals surface area contributed by atoms with E-state index in [1.54, 1.807) is 11.8 Å². The molecule has 0 aromatic carbocycles. The van der Waals surface area contributed by atoms with Crippen molar-refractivity contribution in [3.63, 3.8) is 0 Å². The smallest absolute Gasteiger partial charge is 0.330 e. The number of hydrogen-bond acceptors (Lipinski definition) is 4. The second kappa shape index (κ2) is 5.54. The number of aryl methyl sites for hydroxylation is 2. The van der Waals surface area contributed by atoms with Crippen LogP contribution in [-0.2, 0) is 11.2 Å². The third-order valence-electron chi connectivity index (χ3n) is 3.41. The minimum atomic E-state index is -1.09. The van der Waals surface area contributed by atoms with Gasteiger partial charge in [0.15, 0.2) is 0 Å². The van der Waals surface area contributed by atoms with Gasteiger partial charge < -0.3 is 10.4 Å². The second-order valence-corrected chi connectivity index (χ2v) is 7.05. The number of carboxylic acid groups (broad SMARTS) is 1. The van der Waals surface area contributed by atoms with E-state index in [9.17, 15) is 14.7 Å². The molecule has 19 heavy (non-hydrogen) atoms. The van der Waals surface area contributed by atoms with E-state index in [1.807, 2.05) is 19.9 Å². The van der Waals surface area contributed by atoms with Crippen molar-refractivity contribution in [3.8, 4) is 0 Å². The lowest BCUT2D eigenvalue weighted by atomic mass is 9.99. The maximum Gasteiger partial charge on any atom is 0.330 e. The molecular weight excluding hydrogens is 282 g/mol. The van der Waals surface area contributed by atoms with Crippen LogP contribution in [0.5, 0.6) is 0 Å². The van der Waals surface area contributed by atoms with Gasteiger partial charge in [-0.25, -0.2) is 4.79 Å². The Bertz CT molecular complexity index is 504. The first-order valence-electron chi connectivity index (χ1n) is 6.21. The minimum absolute atomic E-state index is 0.266. The number of carbonyl (C=O) groups excluding carboxylic acids is 1. The van der Waals surface area contributed by atoms with Gasteiger partial charge in [-0.15, -0.1) is 11.3 Å². The molecule has 0 bridgehead atoms. The van der Waals surface area contributed by atoms with E-state index in [-0.39, 0.29) is 5.91 Å². The monoisotopic (exact) mass is 299 g/mol. The summed E-state index contributed by atoms with van der Waals surface area (Å²) in [6.45, 7) is 4.03. The molecule has 0 unspecified atom stereocenters. The molecule has 2 N–H and O–H groups in total. The lowest BCUT2D eigenvalue weighted by Crippen LogP contribution is -2.54. The predicted molar refractivity (Wildman–Crippen MR) is 78.2 cm³/mol. The van der Waals surface area contributed by atoms with Crippen molar-refractivity contribution >= 4 is 35.0 Å². The van der Waals surface area contributed by atoms with E-state index in [2.05, 4.69) is 5.32 Å². The first-order valence-corrected chi connectivity index (χ1v) is 8.18. The van der Waals surface area contributed by atoms with Crippen LogP contribution in [0.2, 0.25) is 0 Å². The number of amides is 1. The van der Waals surface area contributed by atoms with Crippen molar-refractivity contribution in [3.05, 3.63) is 21.4 Å². The standard InChI is InChI=1S/C13H17NO3S2/c1-3-9-6-10(19-8(9)2)11(15)14-13(12(16)17)4-5-18-7-13/h6H,3-5,7H2,1-2H3,(H,14,15)(H,16,17)/t13-/m1/s1. The molecule has 1 amide bonds. The van der Waals surface area contributed by atoms with E-state index < -0.39 is 11.5 Å². The zero-order chi connectivity index (χ0) is 14.0. The van der Waals surface area contributed by atoms with E-state index >= 15 is 0 Å². The van der Waals surface area contributed by atoms with E-state index in [0.717, 1.165) is 22.6 Å². The number of hydrogen-bond donors (Lipinski definition) is 2. The van der Waals surface area contributed by atoms with Crippen molar-refractivity contribution < 1.29 is 14.7 Å². The summed E-state index contributed by atoms with van der Waals surface area (Å²) < 4.78 is 0. The first-order chi connectivity index (χ1) is 8.98. The number of rotatable bonds is 4. The zero-order valence-corrected chi connectivity index (χ0v) is 12.6. The van der Waals surface area contributed by atoms with Gasteiger partial charge in [0.25, 0.3) is 5.91 Å². The molecule has 4 nitrogen and oxygen atoms in total. The van der Waals surface area contributed by atoms with Gasteiger partial charge >= 0.3 is 5.97 Å². The minimum Gasteiger partial charge on any atom is -0.479 e. The first kappa shape index (κ1) is 14.4. The van der Waals surface area contributed by atoms with Gasteiger partial charge in [0, 0.05) is 10.6 Å². The summed E-state index contributed by atoms with van der Waals surface area (Å²) in [6.07, 6.45) is 1.37. The number of nitrogens with one attached hydrogen (secondary N) is 1. The Kier molecular flexibility index (Phi) is 4.20. The number of carbonyl (C=O) groups is 2. The molecule has 0 saturated carbocycles. The Hall–Kier alpha value is -1.01. The lowest BCUT2D eigenvalue weighted by molar-refractivity contribution is -0.143. The fraction of sp³-hybridized carbons (Fsp3) is 0.538. The van der Waals surface area contributed by atoms with Gasteiger partial charge in [0.05, 0.1) is 4.88 Å². The number of thiophene rings is 1. The largest absolute Gasteiger partial charge is 0.479 e. The molecule has 2 heterocycles. The maximum absolute atomic E-state index is 12.2. The highest BCUT2D eigenvalue weighted by Crippen LogP contribution is 2.29. The molecular formula is C13H17NO3S2. The summed E-state index contributed by atoms with van der Waals surface area (Å²) in [4.78, 5) is 25.3. The highest BCUT2D eigenvalue weighted by Gasteiger charge is 2.43. The molecule has 2 rings (SSSR count). The number of carboxylic acids is 1. The Morgan fingerprint density at radius 2 is 2.26 bits per heavy atom. The molecule has 0 radical (unpaired) electrons. The molecule has 0 spiro atoms. The molecule has 1 aliphatic rings. The number of aliphatic carboxylic acids is 1. The Morgan fingerprint density at radius 1 is 1.53 bits per heavy atom. The highest BCUT2D eigenvalue weighted by molar-refractivity contribution is 7.99. The van der Waals surface area contributed by atoms with Crippen molar-refractivity contribution in [1.29, 1.82) is 0 Å². The van der Waals surface area contributed by atoms with Crippen LogP contribution in [-0.4, -0.2) is 34.0 Å². The SMILES string of the molecule is CCc1cc(C(=O)N[C@]2(C(=O)O)CCSC2)sc1C. The summed E-state index contributed by atoms with van der Waals surface area (Å²) in [5.74, 6) is 0.0162. The van der Waals surface area contributed by atoms with Crippen molar-refractivity contribution in [2.24, 2.45) is 0 Å². The van der Waals surface area contributed by atoms with Gasteiger partial charge in [-0.1, -0.05) is 6.92 Å². The normalized spacial score (nSPS) is 22.4. The van der Waals surface area contributed by atoms with Crippen LogP contribution in [0.1, 0.15) is 33.5 Å². The van der Waals surface area contributed by atoms with E-state index in [4.69, 9.17) is 0 Å². The van der Waals surface area contributed by atoms with Gasteiger partial charge in [0.1, 0.15) is 5.54 Å². The highest BCUT2D eigenvalue weighted by atomic mass is 32.2. The molecule has 1 saturated heterocycles. The van der Waals surface area contributed by atoms with Crippen LogP contribution in [0.4, 0.5) is 0 Å². The van der Waals surface area contributed by atoms with E-state index in [1.165, 1.54) is 11.3 Å². The predicted octanol–water partition coefficient (Wildman–Crippen LogP) is 2.31. The summed E-state index contributed by atoms with van der Waals surface area (Å²) in [7, 11) is 0. The average Bonchev–Trinajstić information content (AvgIpc) is 2.96. The van der Waals surface area contributed by atoms with Crippen LogP contribution < -0.4 is 5.32 Å². The van der Waals surface area contributed by atoms with Crippen LogP contribution >= 0.6 is 23.1 Å². The number of thioether (sulfide) groups is 1. The van der Waals surface area contributed by atoms with Crippen molar-refractivity contribution in [2.75, 3.05) is 11.5 Å². The molecule has 0 aliphatic carbocycles. The van der Waals surface area contributed by atoms with Crippen molar-refractivity contribution in [2.45, 2.75) is 32.2 Å². The lowest BCUT2D eigenvalue weighted by Gasteiger charge is -2.24. The summed E-state index contributed by atoms with van der Waals surface area (Å²) in [5, 5.41) is 12.1. The third-order valence-corrected chi connectivity index (χ3v) is 5.69.